The lowest BCUT2D eigenvalue weighted by Gasteiger charge is -2.38. The van der Waals surface area contributed by atoms with E-state index in [1.807, 2.05) is 7.05 Å². The van der Waals surface area contributed by atoms with Gasteiger partial charge in [0.25, 0.3) is 0 Å². The molecule has 17 heavy (non-hydrogen) atoms. The first-order chi connectivity index (χ1) is 8.06. The molecule has 0 bridgehead atoms. The lowest BCUT2D eigenvalue weighted by Crippen LogP contribution is -2.46. The quantitative estimate of drug-likeness (QED) is 0.618. The zero-order valence-corrected chi connectivity index (χ0v) is 12.4. The maximum absolute atomic E-state index is 9.22. The Labute approximate surface area is 108 Å². The van der Waals surface area contributed by atoms with Gasteiger partial charge in [-0.05, 0) is 31.7 Å². The van der Waals surface area contributed by atoms with Crippen LogP contribution in [0.2, 0.25) is 0 Å². The number of nitrogens with one attached hydrogen (secondary N) is 1. The molecule has 0 aromatic rings. The Bertz CT molecular complexity index is 183. The molecule has 0 aliphatic heterocycles. The standard InChI is InChI=1S/C14H32N2O/c1-6-13(7-2)16(9-10-17)12-14(4,8-3)11-15-5/h13,15,17H,6-12H2,1-5H3. The predicted molar refractivity (Wildman–Crippen MR) is 75.4 cm³/mol. The van der Waals surface area contributed by atoms with Crippen molar-refractivity contribution in [1.29, 1.82) is 0 Å². The van der Waals surface area contributed by atoms with Gasteiger partial charge in [-0.15, -0.1) is 0 Å². The van der Waals surface area contributed by atoms with Crippen molar-refractivity contribution in [2.45, 2.75) is 53.0 Å². The second-order valence-corrected chi connectivity index (χ2v) is 5.36. The minimum atomic E-state index is 0.260. The average Bonchev–Trinajstić information content (AvgIpc) is 2.31. The highest BCUT2D eigenvalue weighted by Crippen LogP contribution is 2.24. The van der Waals surface area contributed by atoms with Crippen LogP contribution in [0.15, 0.2) is 0 Å². The molecule has 0 aliphatic carbocycles. The first-order valence-electron chi connectivity index (χ1n) is 7.06. The molecule has 0 heterocycles. The zero-order chi connectivity index (χ0) is 13.3. The summed E-state index contributed by atoms with van der Waals surface area (Å²) in [5.41, 5.74) is 0.298. The highest BCUT2D eigenvalue weighted by atomic mass is 16.3. The van der Waals surface area contributed by atoms with Crippen molar-refractivity contribution >= 4 is 0 Å². The molecule has 0 rings (SSSR count). The van der Waals surface area contributed by atoms with Gasteiger partial charge in [0.2, 0.25) is 0 Å². The maximum Gasteiger partial charge on any atom is 0.0558 e. The van der Waals surface area contributed by atoms with Crippen LogP contribution in [0, 0.1) is 5.41 Å². The van der Waals surface area contributed by atoms with E-state index < -0.39 is 0 Å². The Hall–Kier alpha value is -0.120. The van der Waals surface area contributed by atoms with Crippen LogP contribution in [-0.2, 0) is 0 Å². The molecule has 3 nitrogen and oxygen atoms in total. The molecule has 0 radical (unpaired) electrons. The molecule has 1 unspecified atom stereocenters. The normalized spacial score (nSPS) is 15.5. The van der Waals surface area contributed by atoms with E-state index in [1.54, 1.807) is 0 Å². The largest absolute Gasteiger partial charge is 0.395 e. The predicted octanol–water partition coefficient (Wildman–Crippen LogP) is 2.10. The maximum atomic E-state index is 9.22. The molecular weight excluding hydrogens is 212 g/mol. The van der Waals surface area contributed by atoms with Gasteiger partial charge in [0.05, 0.1) is 6.61 Å². The van der Waals surface area contributed by atoms with Crippen molar-refractivity contribution in [3.8, 4) is 0 Å². The summed E-state index contributed by atoms with van der Waals surface area (Å²) in [6, 6.07) is 0.602. The highest BCUT2D eigenvalue weighted by Gasteiger charge is 2.27. The minimum Gasteiger partial charge on any atom is -0.395 e. The molecule has 0 fully saturated rings. The Morgan fingerprint density at radius 1 is 1.24 bits per heavy atom. The third-order valence-electron chi connectivity index (χ3n) is 3.89. The first kappa shape index (κ1) is 16.9. The topological polar surface area (TPSA) is 35.5 Å². The fraction of sp³-hybridized carbons (Fsp3) is 1.00. The number of aliphatic hydroxyl groups is 1. The molecule has 0 saturated carbocycles. The summed E-state index contributed by atoms with van der Waals surface area (Å²) in [4.78, 5) is 2.46. The van der Waals surface area contributed by atoms with Gasteiger partial charge in [-0.1, -0.05) is 27.7 Å². The number of nitrogens with zero attached hydrogens (tertiary/aromatic N) is 1. The van der Waals surface area contributed by atoms with E-state index in [1.165, 1.54) is 0 Å². The van der Waals surface area contributed by atoms with E-state index in [0.717, 1.165) is 38.9 Å². The molecule has 0 aliphatic rings. The molecule has 0 aromatic heterocycles. The van der Waals surface area contributed by atoms with E-state index in [-0.39, 0.29) is 6.61 Å². The Morgan fingerprint density at radius 2 is 1.82 bits per heavy atom. The smallest absolute Gasteiger partial charge is 0.0558 e. The number of hydrogen-bond donors (Lipinski definition) is 2. The van der Waals surface area contributed by atoms with Crippen molar-refractivity contribution in [3.05, 3.63) is 0 Å². The summed E-state index contributed by atoms with van der Waals surface area (Å²) < 4.78 is 0. The van der Waals surface area contributed by atoms with Crippen LogP contribution in [-0.4, -0.2) is 49.3 Å². The number of rotatable bonds is 10. The van der Waals surface area contributed by atoms with Gasteiger partial charge in [0, 0.05) is 25.7 Å². The van der Waals surface area contributed by atoms with Crippen LogP contribution < -0.4 is 5.32 Å². The van der Waals surface area contributed by atoms with Crippen LogP contribution >= 0.6 is 0 Å². The van der Waals surface area contributed by atoms with Gasteiger partial charge in [0.15, 0.2) is 0 Å². The Balaban J connectivity index is 4.59. The molecule has 3 heteroatoms. The lowest BCUT2D eigenvalue weighted by molar-refractivity contribution is 0.0881. The Kier molecular flexibility index (Phi) is 8.83. The van der Waals surface area contributed by atoms with Gasteiger partial charge in [-0.3, -0.25) is 4.90 Å². The van der Waals surface area contributed by atoms with E-state index in [4.69, 9.17) is 0 Å². The monoisotopic (exact) mass is 244 g/mol. The molecule has 0 amide bonds. The highest BCUT2D eigenvalue weighted by molar-refractivity contribution is 4.82. The van der Waals surface area contributed by atoms with Crippen molar-refractivity contribution in [2.75, 3.05) is 33.3 Å². The third-order valence-corrected chi connectivity index (χ3v) is 3.89. The summed E-state index contributed by atoms with van der Waals surface area (Å²) in [7, 11) is 2.02. The fourth-order valence-corrected chi connectivity index (χ4v) is 2.53. The summed E-state index contributed by atoms with van der Waals surface area (Å²) >= 11 is 0. The molecule has 104 valence electrons. The van der Waals surface area contributed by atoms with Crippen molar-refractivity contribution in [2.24, 2.45) is 5.41 Å². The van der Waals surface area contributed by atoms with Crippen LogP contribution in [0.25, 0.3) is 0 Å². The van der Waals surface area contributed by atoms with Gasteiger partial charge in [-0.2, -0.15) is 0 Å². The fourth-order valence-electron chi connectivity index (χ4n) is 2.53. The average molecular weight is 244 g/mol. The lowest BCUT2D eigenvalue weighted by atomic mass is 9.86. The van der Waals surface area contributed by atoms with E-state index in [9.17, 15) is 5.11 Å². The van der Waals surface area contributed by atoms with Gasteiger partial charge >= 0.3 is 0 Å². The second kappa shape index (κ2) is 8.90. The molecular formula is C14H32N2O. The third kappa shape index (κ3) is 5.84. The van der Waals surface area contributed by atoms with Gasteiger partial charge in [0.1, 0.15) is 0 Å². The van der Waals surface area contributed by atoms with Crippen molar-refractivity contribution in [3.63, 3.8) is 0 Å². The van der Waals surface area contributed by atoms with E-state index >= 15 is 0 Å². The van der Waals surface area contributed by atoms with Crippen LogP contribution in [0.4, 0.5) is 0 Å². The summed E-state index contributed by atoms with van der Waals surface area (Å²) in [6.45, 7) is 12.2. The molecule has 0 spiro atoms. The van der Waals surface area contributed by atoms with Gasteiger partial charge in [-0.25, -0.2) is 0 Å². The Morgan fingerprint density at radius 3 is 2.18 bits per heavy atom. The number of aliphatic hydroxyl groups excluding tert-OH is 1. The first-order valence-corrected chi connectivity index (χ1v) is 7.06. The zero-order valence-electron chi connectivity index (χ0n) is 12.4. The second-order valence-electron chi connectivity index (χ2n) is 5.36. The van der Waals surface area contributed by atoms with Crippen LogP contribution in [0.1, 0.15) is 47.0 Å². The van der Waals surface area contributed by atoms with E-state index in [2.05, 4.69) is 37.9 Å². The van der Waals surface area contributed by atoms with Crippen molar-refractivity contribution in [1.82, 2.24) is 10.2 Å². The van der Waals surface area contributed by atoms with E-state index in [0.29, 0.717) is 11.5 Å². The molecule has 0 aromatic carbocycles. The minimum absolute atomic E-state index is 0.260. The number of hydrogen-bond acceptors (Lipinski definition) is 3. The van der Waals surface area contributed by atoms with Gasteiger partial charge < -0.3 is 10.4 Å². The summed E-state index contributed by atoms with van der Waals surface area (Å²) in [6.07, 6.45) is 3.49. The van der Waals surface area contributed by atoms with Crippen LogP contribution in [0.5, 0.6) is 0 Å². The molecule has 1 atom stereocenters. The van der Waals surface area contributed by atoms with Crippen molar-refractivity contribution < 1.29 is 5.11 Å². The SMILES string of the molecule is CCC(CC)N(CCO)CC(C)(CC)CNC. The summed E-state index contributed by atoms with van der Waals surface area (Å²) in [5, 5.41) is 12.5. The van der Waals surface area contributed by atoms with Crippen LogP contribution in [0.3, 0.4) is 0 Å². The summed E-state index contributed by atoms with van der Waals surface area (Å²) in [5.74, 6) is 0. The molecule has 0 saturated heterocycles. The molecule has 2 N–H and O–H groups in total.